The van der Waals surface area contributed by atoms with Gasteiger partial charge in [-0.05, 0) is 24.3 Å². The van der Waals surface area contributed by atoms with Gasteiger partial charge in [-0.15, -0.1) is 0 Å². The van der Waals surface area contributed by atoms with Gasteiger partial charge in [-0.2, -0.15) is 13.2 Å². The number of H-pyrrole nitrogens is 1. The number of hydrogen-bond acceptors (Lipinski definition) is 4. The van der Waals surface area contributed by atoms with Crippen molar-refractivity contribution in [3.05, 3.63) is 48.2 Å². The molecule has 120 valence electrons. The van der Waals surface area contributed by atoms with E-state index in [0.29, 0.717) is 5.95 Å². The number of aromatic amines is 1. The van der Waals surface area contributed by atoms with Crippen molar-refractivity contribution in [2.45, 2.75) is 6.18 Å². The second-order valence-corrected chi connectivity index (χ2v) is 4.73. The van der Waals surface area contributed by atoms with Gasteiger partial charge in [0.15, 0.2) is 0 Å². The van der Waals surface area contributed by atoms with E-state index in [1.165, 1.54) is 12.3 Å². The predicted octanol–water partition coefficient (Wildman–Crippen LogP) is 3.47. The molecule has 0 saturated carbocycles. The Bertz CT molecular complexity index is 768. The number of aromatic nitrogens is 3. The molecule has 0 fully saturated rings. The maximum atomic E-state index is 12.8. The first-order chi connectivity index (χ1) is 11.0. The quantitative estimate of drug-likeness (QED) is 0.706. The molecule has 0 bridgehead atoms. The third-order valence-electron chi connectivity index (χ3n) is 3.10. The number of ether oxygens (including phenoxy) is 1. The number of alkyl halides is 3. The molecule has 2 aromatic heterocycles. The third kappa shape index (κ3) is 3.53. The van der Waals surface area contributed by atoms with Crippen molar-refractivity contribution in [3.8, 4) is 5.88 Å². The lowest BCUT2D eigenvalue weighted by molar-refractivity contribution is -0.139. The molecule has 23 heavy (non-hydrogen) atoms. The van der Waals surface area contributed by atoms with E-state index in [4.69, 9.17) is 4.74 Å². The minimum atomic E-state index is -4.49. The Hall–Kier alpha value is -2.77. The minimum Gasteiger partial charge on any atom is -0.475 e. The van der Waals surface area contributed by atoms with Crippen LogP contribution < -0.4 is 10.1 Å². The van der Waals surface area contributed by atoms with E-state index in [-0.39, 0.29) is 13.2 Å². The van der Waals surface area contributed by atoms with Crippen LogP contribution in [-0.2, 0) is 6.18 Å². The van der Waals surface area contributed by atoms with E-state index in [2.05, 4.69) is 20.3 Å². The number of anilines is 1. The van der Waals surface area contributed by atoms with E-state index in [0.717, 1.165) is 17.1 Å². The number of para-hydroxylation sites is 2. The van der Waals surface area contributed by atoms with Gasteiger partial charge in [-0.1, -0.05) is 12.1 Å². The molecule has 0 atom stereocenters. The van der Waals surface area contributed by atoms with Gasteiger partial charge in [-0.3, -0.25) is 0 Å². The number of imidazole rings is 1. The first-order valence-corrected chi connectivity index (χ1v) is 6.88. The molecule has 0 saturated heterocycles. The fourth-order valence-corrected chi connectivity index (χ4v) is 2.08. The van der Waals surface area contributed by atoms with Crippen LogP contribution in [0.25, 0.3) is 11.0 Å². The van der Waals surface area contributed by atoms with Crippen LogP contribution in [0.5, 0.6) is 5.88 Å². The summed E-state index contributed by atoms with van der Waals surface area (Å²) in [6.45, 7) is 0.310. The van der Waals surface area contributed by atoms with Gasteiger partial charge in [0.25, 0.3) is 0 Å². The second kappa shape index (κ2) is 6.15. The summed E-state index contributed by atoms with van der Waals surface area (Å²) >= 11 is 0. The Morgan fingerprint density at radius 1 is 1.13 bits per heavy atom. The average Bonchev–Trinajstić information content (AvgIpc) is 2.94. The monoisotopic (exact) mass is 322 g/mol. The van der Waals surface area contributed by atoms with E-state index in [1.807, 2.05) is 24.3 Å². The zero-order valence-electron chi connectivity index (χ0n) is 11.9. The highest BCUT2D eigenvalue weighted by atomic mass is 19.4. The van der Waals surface area contributed by atoms with Crippen molar-refractivity contribution in [2.75, 3.05) is 18.5 Å². The summed E-state index contributed by atoms with van der Waals surface area (Å²) in [6.07, 6.45) is -3.23. The van der Waals surface area contributed by atoms with Crippen LogP contribution in [0, 0.1) is 0 Å². The Kier molecular flexibility index (Phi) is 4.05. The highest BCUT2D eigenvalue weighted by Crippen LogP contribution is 2.34. The van der Waals surface area contributed by atoms with Crippen LogP contribution in [0.4, 0.5) is 19.1 Å². The SMILES string of the molecule is FC(F)(F)c1cccnc1OCCNc1nc2ccccc2[nH]1. The third-order valence-corrected chi connectivity index (χ3v) is 3.10. The van der Waals surface area contributed by atoms with E-state index >= 15 is 0 Å². The molecule has 3 aromatic rings. The van der Waals surface area contributed by atoms with Crippen molar-refractivity contribution in [3.63, 3.8) is 0 Å². The minimum absolute atomic E-state index is 0.0249. The summed E-state index contributed by atoms with van der Waals surface area (Å²) in [5, 5.41) is 2.96. The van der Waals surface area contributed by atoms with Gasteiger partial charge in [0.05, 0.1) is 17.6 Å². The molecule has 2 N–H and O–H groups in total. The molecule has 0 radical (unpaired) electrons. The summed E-state index contributed by atoms with van der Waals surface area (Å²) in [4.78, 5) is 11.0. The molecule has 0 aliphatic carbocycles. The molecular formula is C15H13F3N4O. The van der Waals surface area contributed by atoms with Crippen molar-refractivity contribution in [1.29, 1.82) is 0 Å². The van der Waals surface area contributed by atoms with E-state index in [1.54, 1.807) is 0 Å². The lowest BCUT2D eigenvalue weighted by atomic mass is 10.2. The Balaban J connectivity index is 1.58. The Labute approximate surface area is 129 Å². The predicted molar refractivity (Wildman–Crippen MR) is 79.3 cm³/mol. The summed E-state index contributed by atoms with van der Waals surface area (Å²) in [6, 6.07) is 9.66. The van der Waals surface area contributed by atoms with Crippen LogP contribution in [0.1, 0.15) is 5.56 Å². The highest BCUT2D eigenvalue weighted by molar-refractivity contribution is 5.77. The van der Waals surface area contributed by atoms with Gasteiger partial charge in [0.2, 0.25) is 11.8 Å². The smallest absolute Gasteiger partial charge is 0.421 e. The van der Waals surface area contributed by atoms with Crippen LogP contribution in [-0.4, -0.2) is 28.1 Å². The number of hydrogen-bond donors (Lipinski definition) is 2. The number of pyridine rings is 1. The van der Waals surface area contributed by atoms with Crippen molar-refractivity contribution in [2.24, 2.45) is 0 Å². The molecule has 2 heterocycles. The van der Waals surface area contributed by atoms with Crippen molar-refractivity contribution < 1.29 is 17.9 Å². The number of rotatable bonds is 5. The number of nitrogens with zero attached hydrogens (tertiary/aromatic N) is 2. The molecule has 0 aliphatic heterocycles. The van der Waals surface area contributed by atoms with Gasteiger partial charge in [-0.25, -0.2) is 9.97 Å². The normalized spacial score (nSPS) is 11.6. The maximum Gasteiger partial charge on any atom is 0.421 e. The molecule has 1 aromatic carbocycles. The summed E-state index contributed by atoms with van der Waals surface area (Å²) in [5.41, 5.74) is 0.795. The van der Waals surface area contributed by atoms with Crippen molar-refractivity contribution >= 4 is 17.0 Å². The first-order valence-electron chi connectivity index (χ1n) is 6.88. The summed E-state index contributed by atoms with van der Waals surface area (Å²) < 4.78 is 43.5. The second-order valence-electron chi connectivity index (χ2n) is 4.73. The van der Waals surface area contributed by atoms with Gasteiger partial charge >= 0.3 is 6.18 Å². The topological polar surface area (TPSA) is 62.8 Å². The number of fused-ring (bicyclic) bond motifs is 1. The number of halogens is 3. The molecule has 0 amide bonds. The van der Waals surface area contributed by atoms with Gasteiger partial charge < -0.3 is 15.0 Å². The molecule has 0 unspecified atom stereocenters. The standard InChI is InChI=1S/C15H13F3N4O/c16-15(17,18)10-4-3-7-19-13(10)23-9-8-20-14-21-11-5-1-2-6-12(11)22-14/h1-7H,8-9H2,(H2,20,21,22). The van der Waals surface area contributed by atoms with Crippen LogP contribution >= 0.6 is 0 Å². The fraction of sp³-hybridized carbons (Fsp3) is 0.200. The molecule has 0 aliphatic rings. The molecule has 5 nitrogen and oxygen atoms in total. The van der Waals surface area contributed by atoms with Crippen LogP contribution in [0.2, 0.25) is 0 Å². The summed E-state index contributed by atoms with van der Waals surface area (Å²) in [7, 11) is 0. The Morgan fingerprint density at radius 3 is 2.74 bits per heavy atom. The molecule has 3 rings (SSSR count). The lowest BCUT2D eigenvalue weighted by Crippen LogP contribution is -2.15. The van der Waals surface area contributed by atoms with Gasteiger partial charge in [0.1, 0.15) is 12.2 Å². The lowest BCUT2D eigenvalue weighted by Gasteiger charge is -2.12. The molecular weight excluding hydrogens is 309 g/mol. The average molecular weight is 322 g/mol. The van der Waals surface area contributed by atoms with E-state index < -0.39 is 17.6 Å². The largest absolute Gasteiger partial charge is 0.475 e. The van der Waals surface area contributed by atoms with E-state index in [9.17, 15) is 13.2 Å². The number of nitrogens with one attached hydrogen (secondary N) is 2. The van der Waals surface area contributed by atoms with Crippen LogP contribution in [0.3, 0.4) is 0 Å². The fourth-order valence-electron chi connectivity index (χ4n) is 2.08. The molecule has 8 heteroatoms. The van der Waals surface area contributed by atoms with Crippen molar-refractivity contribution in [1.82, 2.24) is 15.0 Å². The number of benzene rings is 1. The maximum absolute atomic E-state index is 12.8. The van der Waals surface area contributed by atoms with Crippen LogP contribution in [0.15, 0.2) is 42.6 Å². The highest BCUT2D eigenvalue weighted by Gasteiger charge is 2.34. The zero-order valence-corrected chi connectivity index (χ0v) is 11.9. The first kappa shape index (κ1) is 15.1. The Morgan fingerprint density at radius 2 is 1.96 bits per heavy atom. The zero-order chi connectivity index (χ0) is 16.3. The van der Waals surface area contributed by atoms with Gasteiger partial charge in [0, 0.05) is 6.20 Å². The molecule has 0 spiro atoms. The summed E-state index contributed by atoms with van der Waals surface area (Å²) in [5.74, 6) is 0.110.